The zero-order chi connectivity index (χ0) is 14.6. The zero-order valence-electron chi connectivity index (χ0n) is 10.3. The largest absolute Gasteiger partial charge is 0.480 e. The van der Waals surface area contributed by atoms with Crippen LogP contribution in [0.5, 0.6) is 0 Å². The van der Waals surface area contributed by atoms with Crippen LogP contribution in [-0.4, -0.2) is 28.3 Å². The molecule has 0 aliphatic carbocycles. The predicted molar refractivity (Wildman–Crippen MR) is 67.5 cm³/mol. The maximum Gasteiger partial charge on any atom is 0.328 e. The Morgan fingerprint density at radius 2 is 1.79 bits per heavy atom. The highest BCUT2D eigenvalue weighted by Crippen LogP contribution is 2.25. The maximum absolute atomic E-state index is 12.1. The molecule has 0 atom stereocenters. The number of amides is 1. The molecular weight excluding hydrogens is 276 g/mol. The normalized spacial score (nSPS) is 11.4. The van der Waals surface area contributed by atoms with E-state index in [1.54, 1.807) is 0 Å². The van der Waals surface area contributed by atoms with Crippen molar-refractivity contribution in [1.82, 2.24) is 5.32 Å². The Balaban J connectivity index is 2.76. The second-order valence-corrected chi connectivity index (χ2v) is 5.35. The van der Waals surface area contributed by atoms with E-state index in [9.17, 15) is 18.4 Å². The van der Waals surface area contributed by atoms with Gasteiger partial charge in [-0.05, 0) is 38.1 Å². The Labute approximate surface area is 113 Å². The molecular formula is C12H13F2NO3S. The van der Waals surface area contributed by atoms with Crippen LogP contribution in [0.2, 0.25) is 0 Å². The molecule has 0 bridgehead atoms. The lowest BCUT2D eigenvalue weighted by Gasteiger charge is -2.20. The number of hydrogen-bond donors (Lipinski definition) is 2. The van der Waals surface area contributed by atoms with E-state index in [2.05, 4.69) is 5.32 Å². The molecule has 0 saturated heterocycles. The third kappa shape index (κ3) is 4.51. The standard InChI is InChI=1S/C12H13F2NO3S/c1-12(2,10(17)18)15-9(16)7-3-5-8(6-4-7)19-11(13)14/h3-6,11H,1-2H3,(H,15,16)(H,17,18). The number of aliphatic carboxylic acids is 1. The van der Waals surface area contributed by atoms with Gasteiger partial charge in [-0.1, -0.05) is 11.8 Å². The molecule has 0 saturated carbocycles. The molecule has 0 unspecified atom stereocenters. The summed E-state index contributed by atoms with van der Waals surface area (Å²) in [4.78, 5) is 23.0. The molecule has 1 rings (SSSR count). The minimum absolute atomic E-state index is 0.216. The summed E-state index contributed by atoms with van der Waals surface area (Å²) in [6.45, 7) is 2.71. The lowest BCUT2D eigenvalue weighted by Crippen LogP contribution is -2.49. The van der Waals surface area contributed by atoms with Crippen molar-refractivity contribution in [2.75, 3.05) is 0 Å². The highest BCUT2D eigenvalue weighted by Gasteiger charge is 2.29. The molecule has 104 valence electrons. The van der Waals surface area contributed by atoms with Gasteiger partial charge in [-0.15, -0.1) is 0 Å². The topological polar surface area (TPSA) is 66.4 Å². The van der Waals surface area contributed by atoms with Crippen molar-refractivity contribution in [2.24, 2.45) is 0 Å². The van der Waals surface area contributed by atoms with Gasteiger partial charge in [0.1, 0.15) is 5.54 Å². The Hall–Kier alpha value is -1.63. The van der Waals surface area contributed by atoms with Crippen molar-refractivity contribution >= 4 is 23.6 Å². The highest BCUT2D eigenvalue weighted by atomic mass is 32.2. The molecule has 1 amide bonds. The number of carboxylic acids is 1. The number of thioether (sulfide) groups is 1. The zero-order valence-corrected chi connectivity index (χ0v) is 11.1. The van der Waals surface area contributed by atoms with Crippen molar-refractivity contribution in [3.05, 3.63) is 29.8 Å². The number of benzene rings is 1. The lowest BCUT2D eigenvalue weighted by molar-refractivity contribution is -0.143. The van der Waals surface area contributed by atoms with Crippen LogP contribution in [0.1, 0.15) is 24.2 Å². The molecule has 0 aromatic heterocycles. The summed E-state index contributed by atoms with van der Waals surface area (Å²) in [6.07, 6.45) is 0. The quantitative estimate of drug-likeness (QED) is 0.818. The molecule has 0 spiro atoms. The summed E-state index contributed by atoms with van der Waals surface area (Å²) in [5, 5.41) is 11.2. The number of hydrogen-bond acceptors (Lipinski definition) is 3. The van der Waals surface area contributed by atoms with Gasteiger partial charge in [0.15, 0.2) is 0 Å². The molecule has 4 nitrogen and oxygen atoms in total. The van der Waals surface area contributed by atoms with Crippen LogP contribution < -0.4 is 5.32 Å². The van der Waals surface area contributed by atoms with Gasteiger partial charge in [0.05, 0.1) is 0 Å². The monoisotopic (exact) mass is 289 g/mol. The number of rotatable bonds is 5. The molecule has 0 heterocycles. The molecule has 2 N–H and O–H groups in total. The summed E-state index contributed by atoms with van der Waals surface area (Å²) < 4.78 is 24.2. The number of nitrogens with one attached hydrogen (secondary N) is 1. The highest BCUT2D eigenvalue weighted by molar-refractivity contribution is 7.99. The van der Waals surface area contributed by atoms with Crippen molar-refractivity contribution in [1.29, 1.82) is 0 Å². The minimum atomic E-state index is -2.52. The molecule has 19 heavy (non-hydrogen) atoms. The van der Waals surface area contributed by atoms with Crippen molar-refractivity contribution in [3.63, 3.8) is 0 Å². The average Bonchev–Trinajstić information content (AvgIpc) is 2.28. The van der Waals surface area contributed by atoms with Crippen LogP contribution in [0.4, 0.5) is 8.78 Å². The van der Waals surface area contributed by atoms with E-state index in [1.165, 1.54) is 38.1 Å². The Morgan fingerprint density at radius 3 is 2.21 bits per heavy atom. The van der Waals surface area contributed by atoms with Gasteiger partial charge in [-0.2, -0.15) is 8.78 Å². The Bertz CT molecular complexity index is 474. The van der Waals surface area contributed by atoms with Gasteiger partial charge in [-0.3, -0.25) is 4.79 Å². The predicted octanol–water partition coefficient (Wildman–Crippen LogP) is 2.59. The fourth-order valence-corrected chi connectivity index (χ4v) is 1.70. The molecule has 0 fully saturated rings. The van der Waals surface area contributed by atoms with E-state index in [0.29, 0.717) is 16.7 Å². The van der Waals surface area contributed by atoms with E-state index >= 15 is 0 Å². The van der Waals surface area contributed by atoms with Crippen LogP contribution in [0.25, 0.3) is 0 Å². The Morgan fingerprint density at radius 1 is 1.26 bits per heavy atom. The van der Waals surface area contributed by atoms with Crippen LogP contribution >= 0.6 is 11.8 Å². The third-order valence-corrected chi connectivity index (χ3v) is 3.02. The van der Waals surface area contributed by atoms with Crippen LogP contribution in [-0.2, 0) is 4.79 Å². The summed E-state index contributed by atoms with van der Waals surface area (Å²) in [7, 11) is 0. The second-order valence-electron chi connectivity index (χ2n) is 4.29. The molecule has 0 radical (unpaired) electrons. The van der Waals surface area contributed by atoms with Crippen LogP contribution in [0.3, 0.4) is 0 Å². The number of carbonyl (C=O) groups excluding carboxylic acids is 1. The summed E-state index contributed by atoms with van der Waals surface area (Å²) >= 11 is 0.378. The van der Waals surface area contributed by atoms with Gasteiger partial charge in [-0.25, -0.2) is 4.79 Å². The van der Waals surface area contributed by atoms with E-state index in [1.807, 2.05) is 0 Å². The van der Waals surface area contributed by atoms with Crippen molar-refractivity contribution < 1.29 is 23.5 Å². The fraction of sp³-hybridized carbons (Fsp3) is 0.333. The minimum Gasteiger partial charge on any atom is -0.480 e. The lowest BCUT2D eigenvalue weighted by atomic mass is 10.1. The van der Waals surface area contributed by atoms with Gasteiger partial charge in [0, 0.05) is 10.5 Å². The number of carbonyl (C=O) groups is 2. The molecule has 7 heteroatoms. The maximum atomic E-state index is 12.1. The first kappa shape index (κ1) is 15.4. The number of carboxylic acid groups (broad SMARTS) is 1. The van der Waals surface area contributed by atoms with Crippen molar-refractivity contribution in [3.8, 4) is 0 Å². The first-order valence-electron chi connectivity index (χ1n) is 5.33. The van der Waals surface area contributed by atoms with Crippen LogP contribution in [0.15, 0.2) is 29.2 Å². The van der Waals surface area contributed by atoms with Crippen LogP contribution in [0, 0.1) is 0 Å². The molecule has 1 aromatic carbocycles. The Kier molecular flexibility index (Phi) is 4.88. The smallest absolute Gasteiger partial charge is 0.328 e. The van der Waals surface area contributed by atoms with E-state index in [4.69, 9.17) is 5.11 Å². The molecule has 0 aliphatic heterocycles. The molecule has 0 aliphatic rings. The van der Waals surface area contributed by atoms with Gasteiger partial charge < -0.3 is 10.4 Å². The van der Waals surface area contributed by atoms with E-state index in [-0.39, 0.29) is 5.56 Å². The average molecular weight is 289 g/mol. The van der Waals surface area contributed by atoms with Gasteiger partial charge in [0.25, 0.3) is 11.7 Å². The van der Waals surface area contributed by atoms with Crippen molar-refractivity contribution in [2.45, 2.75) is 30.0 Å². The van der Waals surface area contributed by atoms with E-state index < -0.39 is 23.2 Å². The first-order valence-corrected chi connectivity index (χ1v) is 6.21. The third-order valence-electron chi connectivity index (χ3n) is 2.30. The van der Waals surface area contributed by atoms with Gasteiger partial charge in [0.2, 0.25) is 0 Å². The number of alkyl halides is 2. The van der Waals surface area contributed by atoms with E-state index in [0.717, 1.165) is 0 Å². The first-order chi connectivity index (χ1) is 8.72. The summed E-state index contributed by atoms with van der Waals surface area (Å²) in [5.41, 5.74) is -1.18. The number of halogens is 2. The summed E-state index contributed by atoms with van der Waals surface area (Å²) in [5.74, 6) is -4.25. The summed E-state index contributed by atoms with van der Waals surface area (Å²) in [6, 6.07) is 5.52. The SMILES string of the molecule is CC(C)(NC(=O)c1ccc(SC(F)F)cc1)C(=O)O. The molecule has 1 aromatic rings. The van der Waals surface area contributed by atoms with Gasteiger partial charge >= 0.3 is 5.97 Å². The second kappa shape index (κ2) is 6.01. The fourth-order valence-electron chi connectivity index (χ4n) is 1.20.